The van der Waals surface area contributed by atoms with E-state index in [-0.39, 0.29) is 17.5 Å². The van der Waals surface area contributed by atoms with Gasteiger partial charge in [-0.2, -0.15) is 0 Å². The van der Waals surface area contributed by atoms with Crippen molar-refractivity contribution >= 4 is 5.91 Å². The largest absolute Gasteiger partial charge is 0.508 e. The topological polar surface area (TPSA) is 55.8 Å². The van der Waals surface area contributed by atoms with Crippen LogP contribution in [-0.2, 0) is 13.0 Å². The Labute approximate surface area is 220 Å². The Morgan fingerprint density at radius 2 is 1.65 bits per heavy atom. The van der Waals surface area contributed by atoms with Crippen LogP contribution in [-0.4, -0.2) is 59.1 Å². The number of rotatable bonds is 7. The maximum Gasteiger partial charge on any atom is 0.253 e. The van der Waals surface area contributed by atoms with Gasteiger partial charge in [-0.25, -0.2) is 4.39 Å². The average molecular weight is 506 g/mol. The lowest BCUT2D eigenvalue weighted by Gasteiger charge is -2.37. The highest BCUT2D eigenvalue weighted by Crippen LogP contribution is 2.16. The summed E-state index contributed by atoms with van der Waals surface area (Å²) < 4.78 is 13.1. The molecule has 1 saturated heterocycles. The maximum atomic E-state index is 13.1. The van der Waals surface area contributed by atoms with Gasteiger partial charge in [0, 0.05) is 50.4 Å². The monoisotopic (exact) mass is 505 g/mol. The second kappa shape index (κ2) is 13.9. The molecule has 0 spiro atoms. The molecular weight excluding hydrogens is 465 g/mol. The molecule has 0 unspecified atom stereocenters. The van der Waals surface area contributed by atoms with Gasteiger partial charge in [-0.05, 0) is 87.2 Å². The average Bonchev–Trinajstić information content (AvgIpc) is 2.88. The zero-order chi connectivity index (χ0) is 26.8. The quantitative estimate of drug-likeness (QED) is 0.447. The van der Waals surface area contributed by atoms with Crippen LogP contribution < -0.4 is 5.32 Å². The number of halogens is 1. The molecule has 1 aliphatic heterocycles. The molecule has 1 amide bonds. The first-order valence-corrected chi connectivity index (χ1v) is 13.2. The van der Waals surface area contributed by atoms with E-state index in [0.717, 1.165) is 61.4 Å². The van der Waals surface area contributed by atoms with E-state index >= 15 is 0 Å². The van der Waals surface area contributed by atoms with Gasteiger partial charge in [0.05, 0.1) is 0 Å². The van der Waals surface area contributed by atoms with E-state index in [1.807, 2.05) is 61.2 Å². The fraction of sp³-hybridized carbons (Fsp3) is 0.387. The van der Waals surface area contributed by atoms with Crippen molar-refractivity contribution < 1.29 is 14.3 Å². The van der Waals surface area contributed by atoms with Crippen LogP contribution in [0, 0.1) is 5.82 Å². The molecule has 4 rings (SSSR count). The fourth-order valence-corrected chi connectivity index (χ4v) is 4.55. The zero-order valence-electron chi connectivity index (χ0n) is 22.5. The van der Waals surface area contributed by atoms with E-state index in [9.17, 15) is 14.3 Å². The molecule has 1 fully saturated rings. The van der Waals surface area contributed by atoms with Gasteiger partial charge < -0.3 is 15.3 Å². The van der Waals surface area contributed by atoms with E-state index in [0.29, 0.717) is 12.1 Å². The SMILES string of the molecule is CCN(CC)C(=O)c1ccc(Cc2cccc(O)c2)cc1.C[C@@H]1CN[C@@H](C)CN1Cc1cccc(F)c1. The third-order valence-electron chi connectivity index (χ3n) is 6.74. The van der Waals surface area contributed by atoms with E-state index in [1.54, 1.807) is 24.3 Å². The highest BCUT2D eigenvalue weighted by Gasteiger charge is 2.22. The van der Waals surface area contributed by atoms with Crippen LogP contribution in [0.3, 0.4) is 0 Å². The van der Waals surface area contributed by atoms with Crippen molar-refractivity contribution in [3.05, 3.63) is 101 Å². The lowest BCUT2D eigenvalue weighted by atomic mass is 10.0. The van der Waals surface area contributed by atoms with Crippen molar-refractivity contribution in [3.8, 4) is 5.75 Å². The predicted octanol–water partition coefficient (Wildman–Crippen LogP) is 5.47. The minimum Gasteiger partial charge on any atom is -0.508 e. The molecule has 0 aliphatic carbocycles. The smallest absolute Gasteiger partial charge is 0.253 e. The molecule has 1 aliphatic rings. The molecule has 37 heavy (non-hydrogen) atoms. The maximum absolute atomic E-state index is 13.1. The number of hydrogen-bond donors (Lipinski definition) is 2. The summed E-state index contributed by atoms with van der Waals surface area (Å²) in [6.45, 7) is 12.7. The molecule has 3 aromatic rings. The highest BCUT2D eigenvalue weighted by atomic mass is 19.1. The van der Waals surface area contributed by atoms with Gasteiger partial charge in [-0.3, -0.25) is 9.69 Å². The van der Waals surface area contributed by atoms with Crippen molar-refractivity contribution in [2.24, 2.45) is 0 Å². The second-order valence-corrected chi connectivity index (χ2v) is 9.74. The predicted molar refractivity (Wildman–Crippen MR) is 148 cm³/mol. The first kappa shape index (κ1) is 28.4. The van der Waals surface area contributed by atoms with E-state index < -0.39 is 0 Å². The highest BCUT2D eigenvalue weighted by molar-refractivity contribution is 5.94. The molecule has 0 bridgehead atoms. The zero-order valence-corrected chi connectivity index (χ0v) is 22.5. The summed E-state index contributed by atoms with van der Waals surface area (Å²) in [5.74, 6) is 0.207. The normalized spacial score (nSPS) is 17.5. The van der Waals surface area contributed by atoms with Crippen LogP contribution >= 0.6 is 0 Å². The lowest BCUT2D eigenvalue weighted by Crippen LogP contribution is -2.53. The van der Waals surface area contributed by atoms with Gasteiger partial charge in [0.2, 0.25) is 0 Å². The summed E-state index contributed by atoms with van der Waals surface area (Å²) in [4.78, 5) is 16.4. The van der Waals surface area contributed by atoms with E-state index in [2.05, 4.69) is 24.1 Å². The Morgan fingerprint density at radius 1 is 0.973 bits per heavy atom. The molecule has 5 nitrogen and oxygen atoms in total. The summed E-state index contributed by atoms with van der Waals surface area (Å²) in [6, 6.07) is 22.8. The number of phenolic OH excluding ortho intramolecular Hbond substituents is 1. The van der Waals surface area contributed by atoms with Crippen LogP contribution in [0.2, 0.25) is 0 Å². The molecular formula is C31H40FN3O2. The summed E-state index contributed by atoms with van der Waals surface area (Å²) in [5.41, 5.74) is 3.95. The summed E-state index contributed by atoms with van der Waals surface area (Å²) in [5, 5.41) is 12.9. The third kappa shape index (κ3) is 8.69. The number of carbonyl (C=O) groups is 1. The Bertz CT molecular complexity index is 1130. The summed E-state index contributed by atoms with van der Waals surface area (Å²) in [6.07, 6.45) is 0.744. The Morgan fingerprint density at radius 3 is 2.30 bits per heavy atom. The molecule has 0 saturated carbocycles. The molecule has 0 radical (unpaired) electrons. The van der Waals surface area contributed by atoms with Crippen molar-refractivity contribution in [3.63, 3.8) is 0 Å². The number of carbonyl (C=O) groups excluding carboxylic acids is 1. The number of phenols is 1. The standard InChI is InChI=1S/C18H21NO2.C13H19FN2/c1-3-19(4-2)18(21)16-10-8-14(9-11-16)12-15-6-5-7-17(20)13-15;1-10-8-16(11(2)7-15-10)9-12-4-3-5-13(14)6-12/h5-11,13,20H,3-4,12H2,1-2H3;3-6,10-11,15H,7-9H2,1-2H3/t;10-,11+/m.0/s1. The van der Waals surface area contributed by atoms with Crippen LogP contribution in [0.25, 0.3) is 0 Å². The summed E-state index contributed by atoms with van der Waals surface area (Å²) >= 11 is 0. The Kier molecular flexibility index (Phi) is 10.7. The Balaban J connectivity index is 0.000000213. The number of aromatic hydroxyl groups is 1. The van der Waals surface area contributed by atoms with Crippen molar-refractivity contribution in [1.29, 1.82) is 0 Å². The van der Waals surface area contributed by atoms with Gasteiger partial charge >= 0.3 is 0 Å². The number of piperazine rings is 1. The van der Waals surface area contributed by atoms with Crippen LogP contribution in [0.1, 0.15) is 54.7 Å². The molecule has 6 heteroatoms. The van der Waals surface area contributed by atoms with Gasteiger partial charge in [-0.1, -0.05) is 36.4 Å². The first-order chi connectivity index (χ1) is 17.8. The van der Waals surface area contributed by atoms with Crippen molar-refractivity contribution in [2.45, 2.75) is 52.7 Å². The number of benzene rings is 3. The van der Waals surface area contributed by atoms with Crippen molar-refractivity contribution in [1.82, 2.24) is 15.1 Å². The van der Waals surface area contributed by atoms with Crippen LogP contribution in [0.4, 0.5) is 4.39 Å². The van der Waals surface area contributed by atoms with E-state index in [4.69, 9.17) is 0 Å². The van der Waals surface area contributed by atoms with E-state index in [1.165, 1.54) is 6.07 Å². The van der Waals surface area contributed by atoms with Gasteiger partial charge in [0.1, 0.15) is 11.6 Å². The minimum atomic E-state index is -0.145. The van der Waals surface area contributed by atoms with Crippen LogP contribution in [0.5, 0.6) is 5.75 Å². The number of amides is 1. The number of nitrogens with zero attached hydrogens (tertiary/aromatic N) is 2. The van der Waals surface area contributed by atoms with Crippen molar-refractivity contribution in [2.75, 3.05) is 26.2 Å². The van der Waals surface area contributed by atoms with Gasteiger partial charge in [0.25, 0.3) is 5.91 Å². The number of nitrogens with one attached hydrogen (secondary N) is 1. The minimum absolute atomic E-state index is 0.0731. The molecule has 2 N–H and O–H groups in total. The molecule has 198 valence electrons. The summed E-state index contributed by atoms with van der Waals surface area (Å²) in [7, 11) is 0. The molecule has 3 aromatic carbocycles. The lowest BCUT2D eigenvalue weighted by molar-refractivity contribution is 0.0773. The molecule has 1 heterocycles. The molecule has 2 atom stereocenters. The van der Waals surface area contributed by atoms with Crippen LogP contribution in [0.15, 0.2) is 72.8 Å². The molecule has 0 aromatic heterocycles. The Hall–Kier alpha value is -3.22. The second-order valence-electron chi connectivity index (χ2n) is 9.74. The fourth-order valence-electron chi connectivity index (χ4n) is 4.55. The first-order valence-electron chi connectivity index (χ1n) is 13.2. The third-order valence-corrected chi connectivity index (χ3v) is 6.74. The van der Waals surface area contributed by atoms with Gasteiger partial charge in [0.15, 0.2) is 0 Å². The number of hydrogen-bond acceptors (Lipinski definition) is 4. The van der Waals surface area contributed by atoms with Gasteiger partial charge in [-0.15, -0.1) is 0 Å².